The summed E-state index contributed by atoms with van der Waals surface area (Å²) in [6, 6.07) is 5.24. The van der Waals surface area contributed by atoms with E-state index in [1.165, 1.54) is 19.1 Å². The van der Waals surface area contributed by atoms with Gasteiger partial charge < -0.3 is 15.5 Å². The van der Waals surface area contributed by atoms with Crippen molar-refractivity contribution in [3.63, 3.8) is 0 Å². The second-order valence-electron chi connectivity index (χ2n) is 3.46. The number of nitrogens with one attached hydrogen (secondary N) is 1. The molecule has 97 valence electrons. The first-order chi connectivity index (χ1) is 7.49. The molecule has 0 aliphatic carbocycles. The minimum Gasteiger partial charge on any atom is -0.508 e. The van der Waals surface area contributed by atoms with E-state index < -0.39 is 12.0 Å². The molecule has 0 fully saturated rings. The molecule has 0 spiro atoms. The molecular weight excluding hydrogens is 274 g/mol. The van der Waals surface area contributed by atoms with E-state index in [-0.39, 0.29) is 35.1 Å². The zero-order chi connectivity index (χ0) is 12.1. The molecule has 17 heavy (non-hydrogen) atoms. The Balaban J connectivity index is 0.00000256. The number of amides is 1. The van der Waals surface area contributed by atoms with E-state index in [0.29, 0.717) is 0 Å². The second kappa shape index (κ2) is 6.93. The van der Waals surface area contributed by atoms with Gasteiger partial charge in [0, 0.05) is 30.4 Å². The Bertz CT molecular complexity index is 391. The molecular formula is C11H13CuNO4. The summed E-state index contributed by atoms with van der Waals surface area (Å²) in [5.74, 6) is -1.34. The Morgan fingerprint density at radius 2 is 1.82 bits per heavy atom. The van der Waals surface area contributed by atoms with Crippen LogP contribution in [0.1, 0.15) is 12.5 Å². The number of carbonyl (C=O) groups excluding carboxylic acids is 1. The van der Waals surface area contributed by atoms with Gasteiger partial charge in [-0.05, 0) is 17.7 Å². The average Bonchev–Trinajstić information content (AvgIpc) is 2.19. The normalized spacial score (nSPS) is 11.1. The maximum absolute atomic E-state index is 10.8. The summed E-state index contributed by atoms with van der Waals surface area (Å²) >= 11 is 0. The molecule has 1 aromatic rings. The standard InChI is InChI=1S/C11H13NO4.Cu/c1-7(13)12-10(11(15)16)6-8-2-4-9(14)5-3-8;/h2-5,10,14H,6H2,1H3,(H,12,13)(H,15,16);/t10-;/m0./s1. The molecule has 6 heteroatoms. The van der Waals surface area contributed by atoms with Gasteiger partial charge in [0.25, 0.3) is 0 Å². The van der Waals surface area contributed by atoms with Gasteiger partial charge in [-0.15, -0.1) is 0 Å². The van der Waals surface area contributed by atoms with E-state index in [4.69, 9.17) is 10.2 Å². The molecule has 0 aliphatic heterocycles. The molecule has 0 heterocycles. The topological polar surface area (TPSA) is 86.6 Å². The first-order valence-electron chi connectivity index (χ1n) is 4.77. The Labute approximate surface area is 109 Å². The number of carboxylic acids is 1. The fourth-order valence-electron chi connectivity index (χ4n) is 1.31. The summed E-state index contributed by atoms with van der Waals surface area (Å²) in [6.45, 7) is 1.27. The molecule has 1 radical (unpaired) electrons. The molecule has 0 unspecified atom stereocenters. The molecule has 0 bridgehead atoms. The number of carbonyl (C=O) groups is 2. The van der Waals surface area contributed by atoms with Crippen molar-refractivity contribution in [3.05, 3.63) is 29.8 Å². The predicted molar refractivity (Wildman–Crippen MR) is 57.1 cm³/mol. The second-order valence-corrected chi connectivity index (χ2v) is 3.46. The summed E-state index contributed by atoms with van der Waals surface area (Å²) in [7, 11) is 0. The van der Waals surface area contributed by atoms with Crippen LogP contribution in [0, 0.1) is 0 Å². The number of aliphatic carboxylic acids is 1. The van der Waals surface area contributed by atoms with Crippen LogP contribution in [0.3, 0.4) is 0 Å². The summed E-state index contributed by atoms with van der Waals surface area (Å²) in [4.78, 5) is 21.6. The van der Waals surface area contributed by atoms with E-state index in [1.807, 2.05) is 0 Å². The number of phenols is 1. The van der Waals surface area contributed by atoms with Crippen LogP contribution in [0.5, 0.6) is 5.75 Å². The summed E-state index contributed by atoms with van der Waals surface area (Å²) in [6.07, 6.45) is 0.190. The Hall–Kier alpha value is -1.52. The monoisotopic (exact) mass is 286 g/mol. The first-order valence-corrected chi connectivity index (χ1v) is 4.77. The Morgan fingerprint density at radius 1 is 1.29 bits per heavy atom. The van der Waals surface area contributed by atoms with E-state index in [1.54, 1.807) is 12.1 Å². The van der Waals surface area contributed by atoms with Crippen molar-refractivity contribution in [3.8, 4) is 5.75 Å². The van der Waals surface area contributed by atoms with Gasteiger partial charge in [-0.3, -0.25) is 4.79 Å². The minimum atomic E-state index is -1.08. The van der Waals surface area contributed by atoms with E-state index in [2.05, 4.69) is 5.32 Å². The number of carboxylic acid groups (broad SMARTS) is 1. The molecule has 0 saturated heterocycles. The molecule has 0 aromatic heterocycles. The molecule has 1 rings (SSSR count). The largest absolute Gasteiger partial charge is 0.508 e. The maximum Gasteiger partial charge on any atom is 0.326 e. The third-order valence-electron chi connectivity index (χ3n) is 2.05. The maximum atomic E-state index is 10.8. The minimum absolute atomic E-state index is 0. The Morgan fingerprint density at radius 3 is 2.24 bits per heavy atom. The molecule has 1 atom stereocenters. The number of aromatic hydroxyl groups is 1. The van der Waals surface area contributed by atoms with Crippen molar-refractivity contribution in [1.82, 2.24) is 5.32 Å². The number of hydrogen-bond acceptors (Lipinski definition) is 3. The third-order valence-corrected chi connectivity index (χ3v) is 2.05. The smallest absolute Gasteiger partial charge is 0.326 e. The van der Waals surface area contributed by atoms with Crippen molar-refractivity contribution in [2.75, 3.05) is 0 Å². The zero-order valence-corrected chi connectivity index (χ0v) is 10.0. The molecule has 3 N–H and O–H groups in total. The van der Waals surface area contributed by atoms with Gasteiger partial charge in [0.05, 0.1) is 0 Å². The van der Waals surface area contributed by atoms with Crippen LogP contribution in [0.25, 0.3) is 0 Å². The molecule has 5 nitrogen and oxygen atoms in total. The molecule has 0 aliphatic rings. The van der Waals surface area contributed by atoms with Crippen LogP contribution in [0.15, 0.2) is 24.3 Å². The van der Waals surface area contributed by atoms with Gasteiger partial charge in [0.2, 0.25) is 5.91 Å². The number of rotatable bonds is 4. The van der Waals surface area contributed by atoms with Crippen molar-refractivity contribution >= 4 is 11.9 Å². The van der Waals surface area contributed by atoms with E-state index in [9.17, 15) is 9.59 Å². The van der Waals surface area contributed by atoms with Gasteiger partial charge >= 0.3 is 5.97 Å². The average molecular weight is 287 g/mol. The number of hydrogen-bond donors (Lipinski definition) is 3. The molecule has 1 amide bonds. The van der Waals surface area contributed by atoms with Gasteiger partial charge in [0.1, 0.15) is 11.8 Å². The third kappa shape index (κ3) is 5.38. The summed E-state index contributed by atoms with van der Waals surface area (Å²) in [5, 5.41) is 20.3. The van der Waals surface area contributed by atoms with Gasteiger partial charge in [0.15, 0.2) is 0 Å². The fraction of sp³-hybridized carbons (Fsp3) is 0.273. The van der Waals surface area contributed by atoms with Gasteiger partial charge in [-0.1, -0.05) is 12.1 Å². The number of phenolic OH excluding ortho intramolecular Hbond substituents is 1. The van der Waals surface area contributed by atoms with Crippen LogP contribution in [0.2, 0.25) is 0 Å². The summed E-state index contributed by atoms with van der Waals surface area (Å²) in [5.41, 5.74) is 0.735. The fourth-order valence-corrected chi connectivity index (χ4v) is 1.31. The van der Waals surface area contributed by atoms with Crippen LogP contribution >= 0.6 is 0 Å². The van der Waals surface area contributed by atoms with E-state index in [0.717, 1.165) is 5.56 Å². The van der Waals surface area contributed by atoms with Crippen molar-refractivity contribution in [1.29, 1.82) is 0 Å². The predicted octanol–water partition coefficient (Wildman–Crippen LogP) is 0.521. The SMILES string of the molecule is CC(=O)N[C@@H](Cc1ccc(O)cc1)C(=O)O.[Cu]. The Kier molecular flexibility index (Phi) is 6.31. The summed E-state index contributed by atoms with van der Waals surface area (Å²) < 4.78 is 0. The number of benzene rings is 1. The van der Waals surface area contributed by atoms with Crippen molar-refractivity contribution < 1.29 is 36.9 Å². The van der Waals surface area contributed by atoms with Gasteiger partial charge in [-0.25, -0.2) is 4.79 Å². The van der Waals surface area contributed by atoms with Crippen LogP contribution in [-0.4, -0.2) is 28.1 Å². The first kappa shape index (κ1) is 15.5. The van der Waals surface area contributed by atoms with Crippen LogP contribution < -0.4 is 5.32 Å². The zero-order valence-electron chi connectivity index (χ0n) is 9.11. The van der Waals surface area contributed by atoms with Crippen LogP contribution in [0.4, 0.5) is 0 Å². The van der Waals surface area contributed by atoms with Crippen molar-refractivity contribution in [2.45, 2.75) is 19.4 Å². The van der Waals surface area contributed by atoms with E-state index >= 15 is 0 Å². The van der Waals surface area contributed by atoms with Gasteiger partial charge in [-0.2, -0.15) is 0 Å². The molecule has 0 saturated carbocycles. The quantitative estimate of drug-likeness (QED) is 0.705. The molecule has 1 aromatic carbocycles. The van der Waals surface area contributed by atoms with Crippen molar-refractivity contribution in [2.24, 2.45) is 0 Å². The van der Waals surface area contributed by atoms with Crippen LogP contribution in [-0.2, 0) is 33.1 Å².